The van der Waals surface area contributed by atoms with E-state index in [4.69, 9.17) is 4.98 Å². The van der Waals surface area contributed by atoms with Crippen LogP contribution in [0.1, 0.15) is 74.5 Å². The summed E-state index contributed by atoms with van der Waals surface area (Å²) in [7, 11) is 0. The van der Waals surface area contributed by atoms with E-state index in [9.17, 15) is 9.18 Å². The van der Waals surface area contributed by atoms with E-state index in [1.165, 1.54) is 56.2 Å². The Morgan fingerprint density at radius 3 is 2.45 bits per heavy atom. The third kappa shape index (κ3) is 6.65. The summed E-state index contributed by atoms with van der Waals surface area (Å²) in [5.74, 6) is 0.207. The summed E-state index contributed by atoms with van der Waals surface area (Å²) >= 11 is 0. The molecule has 0 radical (unpaired) electrons. The Balaban J connectivity index is 1.52. The highest BCUT2D eigenvalue weighted by atomic mass is 19.1. The van der Waals surface area contributed by atoms with Crippen LogP contribution in [0.4, 0.5) is 4.39 Å². The number of amides is 1. The normalized spacial score (nSPS) is 11.2. The Labute approximate surface area is 184 Å². The predicted octanol–water partition coefficient (Wildman–Crippen LogP) is 6.29. The maximum Gasteiger partial charge on any atom is 0.254 e. The average molecular weight is 424 g/mol. The maximum absolute atomic E-state index is 13.7. The van der Waals surface area contributed by atoms with E-state index >= 15 is 0 Å². The molecule has 0 spiro atoms. The molecule has 3 rings (SSSR count). The molecule has 0 fully saturated rings. The Morgan fingerprint density at radius 2 is 1.65 bits per heavy atom. The van der Waals surface area contributed by atoms with Crippen LogP contribution in [0.25, 0.3) is 11.0 Å². The minimum Gasteiger partial charge on any atom is -0.352 e. The molecule has 1 aromatic heterocycles. The lowest BCUT2D eigenvalue weighted by atomic mass is 10.1. The van der Waals surface area contributed by atoms with E-state index in [2.05, 4.69) is 35.0 Å². The van der Waals surface area contributed by atoms with Gasteiger partial charge < -0.3 is 9.88 Å². The van der Waals surface area contributed by atoms with E-state index in [0.717, 1.165) is 37.1 Å². The Hall–Kier alpha value is -2.69. The van der Waals surface area contributed by atoms with Gasteiger partial charge >= 0.3 is 0 Å². The smallest absolute Gasteiger partial charge is 0.254 e. The van der Waals surface area contributed by atoms with Gasteiger partial charge in [0.25, 0.3) is 5.91 Å². The zero-order chi connectivity index (χ0) is 21.9. The van der Waals surface area contributed by atoms with Gasteiger partial charge in [-0.3, -0.25) is 4.79 Å². The van der Waals surface area contributed by atoms with Crippen LogP contribution in [0.15, 0.2) is 48.5 Å². The number of hydrogen-bond donors (Lipinski definition) is 1. The number of fused-ring (bicyclic) bond motifs is 1. The molecule has 0 aliphatic rings. The van der Waals surface area contributed by atoms with E-state index < -0.39 is 5.82 Å². The minimum absolute atomic E-state index is 0.0914. The van der Waals surface area contributed by atoms with Crippen LogP contribution in [0.3, 0.4) is 0 Å². The van der Waals surface area contributed by atoms with Crippen molar-refractivity contribution in [3.05, 3.63) is 65.7 Å². The van der Waals surface area contributed by atoms with Gasteiger partial charge in [0.05, 0.1) is 16.6 Å². The highest BCUT2D eigenvalue weighted by molar-refractivity contribution is 5.94. The summed E-state index contributed by atoms with van der Waals surface area (Å²) in [6.45, 7) is 3.72. The van der Waals surface area contributed by atoms with Crippen molar-refractivity contribution in [1.82, 2.24) is 14.9 Å². The van der Waals surface area contributed by atoms with Gasteiger partial charge in [0, 0.05) is 19.5 Å². The van der Waals surface area contributed by atoms with Gasteiger partial charge in [-0.2, -0.15) is 0 Å². The summed E-state index contributed by atoms with van der Waals surface area (Å²) in [6, 6.07) is 14.3. The molecule has 5 heteroatoms. The highest BCUT2D eigenvalue weighted by Crippen LogP contribution is 2.19. The number of para-hydroxylation sites is 2. The second-order valence-electron chi connectivity index (χ2n) is 8.13. The van der Waals surface area contributed by atoms with Crippen molar-refractivity contribution in [2.75, 3.05) is 6.54 Å². The molecule has 2 aromatic carbocycles. The predicted molar refractivity (Wildman–Crippen MR) is 125 cm³/mol. The standard InChI is InChI=1S/C26H34FN3O/c1-2-3-4-5-6-7-12-20-30-24-17-11-10-16-23(24)29-25(30)18-13-19-28-26(31)21-14-8-9-15-22(21)27/h8-11,14-17H,2-7,12-13,18-20H2,1H3,(H,28,31). The number of nitrogens with zero attached hydrogens (tertiary/aromatic N) is 2. The maximum atomic E-state index is 13.7. The van der Waals surface area contributed by atoms with E-state index in [-0.39, 0.29) is 11.5 Å². The number of carbonyl (C=O) groups is 1. The monoisotopic (exact) mass is 423 g/mol. The fourth-order valence-corrected chi connectivity index (χ4v) is 3.98. The molecule has 0 bridgehead atoms. The number of halogens is 1. The molecule has 4 nitrogen and oxygen atoms in total. The molecule has 0 atom stereocenters. The van der Waals surface area contributed by atoms with Crippen LogP contribution >= 0.6 is 0 Å². The SMILES string of the molecule is CCCCCCCCCn1c(CCCNC(=O)c2ccccc2F)nc2ccccc21. The van der Waals surface area contributed by atoms with Crippen molar-refractivity contribution in [1.29, 1.82) is 0 Å². The van der Waals surface area contributed by atoms with Crippen molar-refractivity contribution in [2.45, 2.75) is 71.3 Å². The molecule has 1 amide bonds. The number of rotatable bonds is 13. The summed E-state index contributed by atoms with van der Waals surface area (Å²) in [4.78, 5) is 17.0. The first-order valence-corrected chi connectivity index (χ1v) is 11.7. The lowest BCUT2D eigenvalue weighted by molar-refractivity contribution is 0.0949. The lowest BCUT2D eigenvalue weighted by Gasteiger charge is -2.10. The van der Waals surface area contributed by atoms with Gasteiger partial charge in [-0.1, -0.05) is 69.7 Å². The number of imidazole rings is 1. The zero-order valence-electron chi connectivity index (χ0n) is 18.6. The number of nitrogens with one attached hydrogen (secondary N) is 1. The van der Waals surface area contributed by atoms with Crippen LogP contribution in [0, 0.1) is 5.82 Å². The van der Waals surface area contributed by atoms with Crippen LogP contribution in [0.2, 0.25) is 0 Å². The van der Waals surface area contributed by atoms with Gasteiger partial charge in [-0.05, 0) is 37.1 Å². The second kappa shape index (κ2) is 12.2. The molecular weight excluding hydrogens is 389 g/mol. The second-order valence-corrected chi connectivity index (χ2v) is 8.13. The molecule has 1 N–H and O–H groups in total. The molecule has 0 unspecified atom stereocenters. The number of hydrogen-bond acceptors (Lipinski definition) is 2. The number of aryl methyl sites for hydroxylation is 2. The summed E-state index contributed by atoms with van der Waals surface area (Å²) in [5, 5.41) is 2.82. The van der Waals surface area contributed by atoms with Crippen LogP contribution in [-0.4, -0.2) is 22.0 Å². The first kappa shape index (κ1) is 23.0. The van der Waals surface area contributed by atoms with Crippen molar-refractivity contribution in [2.24, 2.45) is 0 Å². The molecule has 0 saturated heterocycles. The van der Waals surface area contributed by atoms with E-state index in [1.807, 2.05) is 6.07 Å². The summed E-state index contributed by atoms with van der Waals surface area (Å²) in [5.41, 5.74) is 2.29. The Kier molecular flexibility index (Phi) is 9.07. The fourth-order valence-electron chi connectivity index (χ4n) is 3.98. The number of aromatic nitrogens is 2. The van der Waals surface area contributed by atoms with Gasteiger partial charge in [0.15, 0.2) is 0 Å². The van der Waals surface area contributed by atoms with Crippen molar-refractivity contribution >= 4 is 16.9 Å². The summed E-state index contributed by atoms with van der Waals surface area (Å²) < 4.78 is 16.1. The first-order valence-electron chi connectivity index (χ1n) is 11.7. The van der Waals surface area contributed by atoms with Gasteiger partial charge in [0.1, 0.15) is 11.6 Å². The van der Waals surface area contributed by atoms with Crippen molar-refractivity contribution in [3.63, 3.8) is 0 Å². The zero-order valence-corrected chi connectivity index (χ0v) is 18.6. The molecule has 0 aliphatic heterocycles. The van der Waals surface area contributed by atoms with Gasteiger partial charge in [-0.15, -0.1) is 0 Å². The van der Waals surface area contributed by atoms with Crippen LogP contribution in [0.5, 0.6) is 0 Å². The minimum atomic E-state index is -0.489. The quantitative estimate of drug-likeness (QED) is 0.329. The van der Waals surface area contributed by atoms with E-state index in [1.54, 1.807) is 12.1 Å². The molecule has 0 saturated carbocycles. The first-order chi connectivity index (χ1) is 15.2. The summed E-state index contributed by atoms with van der Waals surface area (Å²) in [6.07, 6.45) is 10.5. The Bertz CT molecular complexity index is 966. The molecular formula is C26H34FN3O. The van der Waals surface area contributed by atoms with E-state index in [0.29, 0.717) is 6.54 Å². The molecule has 1 heterocycles. The third-order valence-corrected chi connectivity index (χ3v) is 5.70. The highest BCUT2D eigenvalue weighted by Gasteiger charge is 2.12. The molecule has 3 aromatic rings. The number of carbonyl (C=O) groups excluding carboxylic acids is 1. The van der Waals surface area contributed by atoms with Gasteiger partial charge in [-0.25, -0.2) is 9.37 Å². The topological polar surface area (TPSA) is 46.9 Å². The van der Waals surface area contributed by atoms with Crippen LogP contribution < -0.4 is 5.32 Å². The average Bonchev–Trinajstić information content (AvgIpc) is 3.13. The molecule has 31 heavy (non-hydrogen) atoms. The fraction of sp³-hybridized carbons (Fsp3) is 0.462. The largest absolute Gasteiger partial charge is 0.352 e. The molecule has 166 valence electrons. The van der Waals surface area contributed by atoms with Gasteiger partial charge in [0.2, 0.25) is 0 Å². The lowest BCUT2D eigenvalue weighted by Crippen LogP contribution is -2.25. The number of benzene rings is 2. The Morgan fingerprint density at radius 1 is 0.935 bits per heavy atom. The molecule has 0 aliphatic carbocycles. The number of unbranched alkanes of at least 4 members (excludes halogenated alkanes) is 6. The third-order valence-electron chi connectivity index (χ3n) is 5.70. The van der Waals surface area contributed by atoms with Crippen molar-refractivity contribution in [3.8, 4) is 0 Å². The van der Waals surface area contributed by atoms with Crippen LogP contribution in [-0.2, 0) is 13.0 Å². The van der Waals surface area contributed by atoms with Crippen molar-refractivity contribution < 1.29 is 9.18 Å².